The van der Waals surface area contributed by atoms with Crippen LogP contribution in [0.2, 0.25) is 0 Å². The fourth-order valence-corrected chi connectivity index (χ4v) is 2.08. The van der Waals surface area contributed by atoms with E-state index in [1.54, 1.807) is 0 Å². The van der Waals surface area contributed by atoms with Crippen molar-refractivity contribution in [3.63, 3.8) is 0 Å². The number of thioether (sulfide) groups is 1. The second kappa shape index (κ2) is 10.3. The van der Waals surface area contributed by atoms with Crippen LogP contribution in [0.5, 0.6) is 0 Å². The van der Waals surface area contributed by atoms with Crippen LogP contribution in [0, 0.1) is 0 Å². The summed E-state index contributed by atoms with van der Waals surface area (Å²) in [6.45, 7) is 4.31. The maximum Gasteiger partial charge on any atom is 0.0113 e. The lowest BCUT2D eigenvalue weighted by molar-refractivity contribution is 1.21. The standard InChI is InChI=1S/C19H24S/c1-4-9-18(12-8-15-20-3)14-13-17(2)16-19-10-6-5-7-11-19/h5-14,16H,4,15H2,1-3H3/b12-8-,14-13+,17-16+,18-9+. The van der Waals surface area contributed by atoms with Crippen molar-refractivity contribution in [1.29, 1.82) is 0 Å². The first kappa shape index (κ1) is 16.6. The summed E-state index contributed by atoms with van der Waals surface area (Å²) in [5.41, 5.74) is 3.78. The largest absolute Gasteiger partial charge is 0.161 e. The van der Waals surface area contributed by atoms with Gasteiger partial charge >= 0.3 is 0 Å². The third kappa shape index (κ3) is 7.20. The fourth-order valence-electron chi connectivity index (χ4n) is 1.80. The molecule has 1 heteroatoms. The average Bonchev–Trinajstić information content (AvgIpc) is 2.46. The van der Waals surface area contributed by atoms with Gasteiger partial charge in [0.25, 0.3) is 0 Å². The molecule has 1 rings (SSSR count). The maximum absolute atomic E-state index is 2.25. The summed E-state index contributed by atoms with van der Waals surface area (Å²) in [6.07, 6.45) is 16.4. The van der Waals surface area contributed by atoms with E-state index in [2.05, 4.69) is 80.8 Å². The summed E-state index contributed by atoms with van der Waals surface area (Å²) in [4.78, 5) is 0. The molecule has 0 radical (unpaired) electrons. The Kier molecular flexibility index (Phi) is 8.57. The summed E-state index contributed by atoms with van der Waals surface area (Å²) < 4.78 is 0. The monoisotopic (exact) mass is 284 g/mol. The minimum atomic E-state index is 1.06. The van der Waals surface area contributed by atoms with Gasteiger partial charge in [-0.1, -0.05) is 79.3 Å². The molecule has 0 fully saturated rings. The average molecular weight is 284 g/mol. The van der Waals surface area contributed by atoms with Gasteiger partial charge in [-0.25, -0.2) is 0 Å². The third-order valence-electron chi connectivity index (χ3n) is 2.75. The number of hydrogen-bond acceptors (Lipinski definition) is 1. The van der Waals surface area contributed by atoms with E-state index in [1.807, 2.05) is 17.8 Å². The van der Waals surface area contributed by atoms with Crippen LogP contribution in [0.1, 0.15) is 25.8 Å². The number of allylic oxidation sites excluding steroid dienone is 6. The van der Waals surface area contributed by atoms with Crippen LogP contribution in [0.4, 0.5) is 0 Å². The second-order valence-electron chi connectivity index (χ2n) is 4.60. The van der Waals surface area contributed by atoms with Crippen LogP contribution in [0.25, 0.3) is 6.08 Å². The van der Waals surface area contributed by atoms with Crippen molar-refractivity contribution < 1.29 is 0 Å². The van der Waals surface area contributed by atoms with E-state index >= 15 is 0 Å². The molecule has 1 aromatic carbocycles. The van der Waals surface area contributed by atoms with Crippen molar-refractivity contribution in [2.45, 2.75) is 20.3 Å². The highest BCUT2D eigenvalue weighted by Gasteiger charge is 1.89. The molecule has 0 atom stereocenters. The van der Waals surface area contributed by atoms with E-state index in [9.17, 15) is 0 Å². The van der Waals surface area contributed by atoms with Crippen molar-refractivity contribution in [3.05, 3.63) is 77.4 Å². The molecule has 0 amide bonds. The van der Waals surface area contributed by atoms with Crippen molar-refractivity contribution in [2.75, 3.05) is 12.0 Å². The molecular weight excluding hydrogens is 260 g/mol. The zero-order valence-electron chi connectivity index (χ0n) is 12.7. The molecule has 0 saturated carbocycles. The highest BCUT2D eigenvalue weighted by atomic mass is 32.2. The molecule has 0 heterocycles. The van der Waals surface area contributed by atoms with Gasteiger partial charge in [-0.15, -0.1) is 0 Å². The summed E-state index contributed by atoms with van der Waals surface area (Å²) in [6, 6.07) is 10.4. The first-order valence-corrected chi connectivity index (χ1v) is 8.42. The van der Waals surface area contributed by atoms with Gasteiger partial charge in [-0.3, -0.25) is 0 Å². The minimum absolute atomic E-state index is 1.06. The van der Waals surface area contributed by atoms with Gasteiger partial charge in [0.15, 0.2) is 0 Å². The lowest BCUT2D eigenvalue weighted by Crippen LogP contribution is -1.77. The van der Waals surface area contributed by atoms with Gasteiger partial charge in [-0.2, -0.15) is 11.8 Å². The molecule has 0 aliphatic rings. The van der Waals surface area contributed by atoms with Crippen LogP contribution in [0.15, 0.2) is 71.9 Å². The minimum Gasteiger partial charge on any atom is -0.161 e. The van der Waals surface area contributed by atoms with E-state index in [-0.39, 0.29) is 0 Å². The molecule has 0 nitrogen and oxygen atoms in total. The molecule has 0 aromatic heterocycles. The lowest BCUT2D eigenvalue weighted by atomic mass is 10.1. The smallest absolute Gasteiger partial charge is 0.0113 e. The van der Waals surface area contributed by atoms with Crippen LogP contribution in [-0.2, 0) is 0 Å². The Morgan fingerprint density at radius 2 is 1.85 bits per heavy atom. The predicted molar refractivity (Wildman–Crippen MR) is 95.1 cm³/mol. The highest BCUT2D eigenvalue weighted by molar-refractivity contribution is 7.98. The molecule has 0 spiro atoms. The predicted octanol–water partition coefficient (Wildman–Crippen LogP) is 5.90. The first-order valence-electron chi connectivity index (χ1n) is 7.03. The topological polar surface area (TPSA) is 0 Å². The molecule has 106 valence electrons. The molecule has 1 aromatic rings. The molecule has 0 aliphatic heterocycles. The van der Waals surface area contributed by atoms with Crippen molar-refractivity contribution >= 4 is 17.8 Å². The zero-order valence-corrected chi connectivity index (χ0v) is 13.5. The Labute approximate surface area is 128 Å². The van der Waals surface area contributed by atoms with E-state index in [0.29, 0.717) is 0 Å². The van der Waals surface area contributed by atoms with Crippen LogP contribution < -0.4 is 0 Å². The van der Waals surface area contributed by atoms with Crippen molar-refractivity contribution in [3.8, 4) is 0 Å². The van der Waals surface area contributed by atoms with Gasteiger partial charge in [0, 0.05) is 5.75 Å². The summed E-state index contributed by atoms with van der Waals surface area (Å²) >= 11 is 1.84. The number of benzene rings is 1. The van der Waals surface area contributed by atoms with Gasteiger partial charge in [0.2, 0.25) is 0 Å². The lowest BCUT2D eigenvalue weighted by Gasteiger charge is -1.97. The number of hydrogen-bond donors (Lipinski definition) is 0. The maximum atomic E-state index is 2.25. The highest BCUT2D eigenvalue weighted by Crippen LogP contribution is 2.10. The Bertz CT molecular complexity index is 490. The Hall–Kier alpha value is -1.47. The number of rotatable bonds is 7. The van der Waals surface area contributed by atoms with E-state index in [1.165, 1.54) is 16.7 Å². The Morgan fingerprint density at radius 3 is 2.50 bits per heavy atom. The molecule has 20 heavy (non-hydrogen) atoms. The summed E-state index contributed by atoms with van der Waals surface area (Å²) in [7, 11) is 0. The molecule has 0 unspecified atom stereocenters. The van der Waals surface area contributed by atoms with Crippen LogP contribution in [0.3, 0.4) is 0 Å². The van der Waals surface area contributed by atoms with Crippen molar-refractivity contribution in [2.24, 2.45) is 0 Å². The van der Waals surface area contributed by atoms with Gasteiger partial charge < -0.3 is 0 Å². The summed E-state index contributed by atoms with van der Waals surface area (Å²) in [5.74, 6) is 1.06. The van der Waals surface area contributed by atoms with Gasteiger partial charge in [0.1, 0.15) is 0 Å². The molecule has 0 aliphatic carbocycles. The molecule has 0 saturated heterocycles. The Morgan fingerprint density at radius 1 is 1.10 bits per heavy atom. The van der Waals surface area contributed by atoms with E-state index in [4.69, 9.17) is 0 Å². The first-order chi connectivity index (χ1) is 9.76. The molecule has 0 bridgehead atoms. The van der Waals surface area contributed by atoms with Crippen molar-refractivity contribution in [1.82, 2.24) is 0 Å². The molecule has 0 N–H and O–H groups in total. The zero-order chi connectivity index (χ0) is 14.6. The van der Waals surface area contributed by atoms with Gasteiger partial charge in [-0.05, 0) is 30.7 Å². The Balaban J connectivity index is 2.72. The molecular formula is C19H24S. The normalized spacial score (nSPS) is 13.6. The quantitative estimate of drug-likeness (QED) is 0.561. The second-order valence-corrected chi connectivity index (χ2v) is 5.51. The summed E-state index contributed by atoms with van der Waals surface area (Å²) in [5, 5.41) is 0. The van der Waals surface area contributed by atoms with Crippen LogP contribution in [-0.4, -0.2) is 12.0 Å². The third-order valence-corrected chi connectivity index (χ3v) is 3.27. The van der Waals surface area contributed by atoms with Crippen LogP contribution >= 0.6 is 11.8 Å². The fraction of sp³-hybridized carbons (Fsp3) is 0.263. The van der Waals surface area contributed by atoms with Gasteiger partial charge in [0.05, 0.1) is 0 Å². The van der Waals surface area contributed by atoms with E-state index < -0.39 is 0 Å². The van der Waals surface area contributed by atoms with E-state index in [0.717, 1.165) is 12.2 Å². The SMILES string of the molecule is CC/C=C(\C=C/CSC)/C=C/C(C)=C/c1ccccc1.